The monoisotopic (exact) mass is 481 g/mol. The van der Waals surface area contributed by atoms with Crippen molar-refractivity contribution < 1.29 is 19.4 Å². The number of hydrogen-bond acceptors (Lipinski definition) is 5. The number of phenolic OH excluding ortho intramolecular Hbond substituents is 1. The zero-order valence-corrected chi connectivity index (χ0v) is 18.2. The smallest absolute Gasteiger partial charge is 0.275 e. The van der Waals surface area contributed by atoms with Gasteiger partial charge in [0.2, 0.25) is 0 Å². The molecule has 0 saturated carbocycles. The maximum absolute atomic E-state index is 12.1. The van der Waals surface area contributed by atoms with Crippen LogP contribution in [0.2, 0.25) is 0 Å². The number of nitrogens with one attached hydrogen (secondary N) is 2. The van der Waals surface area contributed by atoms with Crippen LogP contribution in [0.4, 0.5) is 5.69 Å². The molecule has 0 aliphatic carbocycles. The van der Waals surface area contributed by atoms with Gasteiger partial charge < -0.3 is 15.2 Å². The highest BCUT2D eigenvalue weighted by atomic mass is 79.9. The average Bonchev–Trinajstić information content (AvgIpc) is 2.76. The highest BCUT2D eigenvalue weighted by molar-refractivity contribution is 9.10. The number of anilines is 1. The fraction of sp³-hybridized carbons (Fsp3) is 0.0870. The summed E-state index contributed by atoms with van der Waals surface area (Å²) in [6.45, 7) is 1.80. The normalized spacial score (nSPS) is 10.6. The van der Waals surface area contributed by atoms with E-state index in [0.29, 0.717) is 10.2 Å². The van der Waals surface area contributed by atoms with E-state index in [9.17, 15) is 14.7 Å². The summed E-state index contributed by atoms with van der Waals surface area (Å²) in [5, 5.41) is 16.5. The van der Waals surface area contributed by atoms with Crippen molar-refractivity contribution in [1.82, 2.24) is 5.43 Å². The molecule has 0 aliphatic heterocycles. The van der Waals surface area contributed by atoms with Gasteiger partial charge in [0.25, 0.3) is 11.8 Å². The van der Waals surface area contributed by atoms with Crippen LogP contribution in [0.15, 0.2) is 76.3 Å². The molecule has 3 rings (SSSR count). The predicted molar refractivity (Wildman–Crippen MR) is 123 cm³/mol. The molecule has 158 valence electrons. The third-order valence-electron chi connectivity index (χ3n) is 4.25. The lowest BCUT2D eigenvalue weighted by Gasteiger charge is -2.09. The number of nitrogens with zero attached hydrogens (tertiary/aromatic N) is 1. The molecule has 0 aromatic heterocycles. The van der Waals surface area contributed by atoms with Crippen LogP contribution in [-0.2, 0) is 4.79 Å². The Morgan fingerprint density at radius 1 is 1.10 bits per heavy atom. The van der Waals surface area contributed by atoms with Crippen molar-refractivity contribution in [3.8, 4) is 11.5 Å². The summed E-state index contributed by atoms with van der Waals surface area (Å²) in [6, 6.07) is 18.9. The fourth-order valence-electron chi connectivity index (χ4n) is 2.61. The van der Waals surface area contributed by atoms with Crippen molar-refractivity contribution in [3.63, 3.8) is 0 Å². The Hall–Kier alpha value is -3.65. The lowest BCUT2D eigenvalue weighted by Crippen LogP contribution is -2.20. The quantitative estimate of drug-likeness (QED) is 0.347. The highest BCUT2D eigenvalue weighted by Crippen LogP contribution is 2.21. The van der Waals surface area contributed by atoms with Crippen molar-refractivity contribution in [3.05, 3.63) is 87.9 Å². The standard InChI is InChI=1S/C23H20BrN3O4/c1-15-4-2-3-5-20(15)26-22(29)14-31-18-9-6-16(7-10-18)13-25-27-23(30)19-12-17(24)8-11-21(19)28/h2-13,28H,14H2,1H3,(H,26,29)(H,27,30)/b25-13-. The van der Waals surface area contributed by atoms with E-state index in [1.165, 1.54) is 18.3 Å². The van der Waals surface area contributed by atoms with Gasteiger partial charge in [-0.15, -0.1) is 0 Å². The highest BCUT2D eigenvalue weighted by Gasteiger charge is 2.10. The number of amides is 2. The van der Waals surface area contributed by atoms with Gasteiger partial charge in [-0.2, -0.15) is 5.10 Å². The summed E-state index contributed by atoms with van der Waals surface area (Å²) in [7, 11) is 0. The number of rotatable bonds is 7. The second-order valence-electron chi connectivity index (χ2n) is 6.58. The van der Waals surface area contributed by atoms with Crippen LogP contribution >= 0.6 is 15.9 Å². The first-order valence-corrected chi connectivity index (χ1v) is 10.1. The van der Waals surface area contributed by atoms with Crippen LogP contribution in [0.25, 0.3) is 0 Å². The van der Waals surface area contributed by atoms with Gasteiger partial charge in [0.15, 0.2) is 6.61 Å². The number of phenols is 1. The average molecular weight is 482 g/mol. The first-order valence-electron chi connectivity index (χ1n) is 9.32. The topological polar surface area (TPSA) is 100 Å². The van der Waals surface area contributed by atoms with Crippen molar-refractivity contribution in [2.24, 2.45) is 5.10 Å². The minimum absolute atomic E-state index is 0.110. The van der Waals surface area contributed by atoms with E-state index in [1.54, 1.807) is 30.3 Å². The summed E-state index contributed by atoms with van der Waals surface area (Å²) in [5.41, 5.74) is 4.92. The Balaban J connectivity index is 1.49. The third-order valence-corrected chi connectivity index (χ3v) is 4.75. The summed E-state index contributed by atoms with van der Waals surface area (Å²) in [4.78, 5) is 24.2. The molecule has 3 aromatic carbocycles. The van der Waals surface area contributed by atoms with Crippen molar-refractivity contribution >= 4 is 39.6 Å². The molecule has 0 aliphatic rings. The second-order valence-corrected chi connectivity index (χ2v) is 7.50. The molecule has 7 nitrogen and oxygen atoms in total. The van der Waals surface area contributed by atoms with Crippen molar-refractivity contribution in [2.45, 2.75) is 6.92 Å². The number of para-hydroxylation sites is 1. The number of carbonyl (C=O) groups is 2. The van der Waals surface area contributed by atoms with Gasteiger partial charge in [0.05, 0.1) is 11.8 Å². The predicted octanol–water partition coefficient (Wildman–Crippen LogP) is 4.24. The van der Waals surface area contributed by atoms with Gasteiger partial charge in [0.1, 0.15) is 11.5 Å². The number of benzene rings is 3. The van der Waals surface area contributed by atoms with Gasteiger partial charge >= 0.3 is 0 Å². The Kier molecular flexibility index (Phi) is 7.40. The van der Waals surface area contributed by atoms with Crippen molar-refractivity contribution in [2.75, 3.05) is 11.9 Å². The van der Waals surface area contributed by atoms with Crippen LogP contribution < -0.4 is 15.5 Å². The molecular weight excluding hydrogens is 462 g/mol. The zero-order valence-electron chi connectivity index (χ0n) is 16.6. The molecule has 0 bridgehead atoms. The Morgan fingerprint density at radius 2 is 1.84 bits per heavy atom. The van der Waals surface area contributed by atoms with Gasteiger partial charge in [-0.1, -0.05) is 34.1 Å². The van der Waals surface area contributed by atoms with Crippen LogP contribution in [0.5, 0.6) is 11.5 Å². The number of hydrogen-bond donors (Lipinski definition) is 3. The third kappa shape index (κ3) is 6.42. The van der Waals surface area contributed by atoms with E-state index in [0.717, 1.165) is 16.8 Å². The van der Waals surface area contributed by atoms with Gasteiger partial charge in [-0.25, -0.2) is 5.43 Å². The molecule has 0 atom stereocenters. The van der Waals surface area contributed by atoms with Crippen LogP contribution in [-0.4, -0.2) is 29.7 Å². The Labute approximate surface area is 187 Å². The number of carbonyl (C=O) groups excluding carboxylic acids is 2. The summed E-state index contributed by atoms with van der Waals surface area (Å²) in [6.07, 6.45) is 1.46. The van der Waals surface area contributed by atoms with E-state index in [2.05, 4.69) is 31.8 Å². The summed E-state index contributed by atoms with van der Waals surface area (Å²) < 4.78 is 6.17. The number of halogens is 1. The second kappa shape index (κ2) is 10.4. The summed E-state index contributed by atoms with van der Waals surface area (Å²) >= 11 is 3.25. The minimum Gasteiger partial charge on any atom is -0.507 e. The number of aromatic hydroxyl groups is 1. The molecule has 0 unspecified atom stereocenters. The van der Waals surface area contributed by atoms with E-state index in [1.807, 2.05) is 31.2 Å². The molecule has 2 amide bonds. The number of ether oxygens (including phenoxy) is 1. The molecule has 0 heterocycles. The molecule has 0 spiro atoms. The van der Waals surface area contributed by atoms with E-state index in [4.69, 9.17) is 4.74 Å². The number of hydrazone groups is 1. The zero-order chi connectivity index (χ0) is 22.2. The molecule has 0 fully saturated rings. The van der Waals surface area contributed by atoms with Crippen LogP contribution in [0.3, 0.4) is 0 Å². The minimum atomic E-state index is -0.533. The first kappa shape index (κ1) is 22.0. The lowest BCUT2D eigenvalue weighted by molar-refractivity contribution is -0.118. The maximum atomic E-state index is 12.1. The lowest BCUT2D eigenvalue weighted by atomic mass is 10.2. The van der Waals surface area contributed by atoms with E-state index < -0.39 is 5.91 Å². The van der Waals surface area contributed by atoms with E-state index in [-0.39, 0.29) is 23.8 Å². The van der Waals surface area contributed by atoms with Gasteiger partial charge in [0, 0.05) is 10.2 Å². The maximum Gasteiger partial charge on any atom is 0.275 e. The molecule has 31 heavy (non-hydrogen) atoms. The van der Waals surface area contributed by atoms with Crippen LogP contribution in [0, 0.1) is 6.92 Å². The molecule has 3 aromatic rings. The Bertz CT molecular complexity index is 1110. The SMILES string of the molecule is Cc1ccccc1NC(=O)COc1ccc(/C=N\NC(=O)c2cc(Br)ccc2O)cc1. The molecule has 3 N–H and O–H groups in total. The van der Waals surface area contributed by atoms with Crippen LogP contribution in [0.1, 0.15) is 21.5 Å². The molecule has 0 radical (unpaired) electrons. The molecule has 8 heteroatoms. The largest absolute Gasteiger partial charge is 0.507 e. The van der Waals surface area contributed by atoms with Crippen molar-refractivity contribution in [1.29, 1.82) is 0 Å². The molecular formula is C23H20BrN3O4. The fourth-order valence-corrected chi connectivity index (χ4v) is 2.98. The first-order chi connectivity index (χ1) is 14.9. The van der Waals surface area contributed by atoms with E-state index >= 15 is 0 Å². The number of aryl methyl sites for hydroxylation is 1. The van der Waals surface area contributed by atoms with Gasteiger partial charge in [-0.3, -0.25) is 9.59 Å². The van der Waals surface area contributed by atoms with Gasteiger partial charge in [-0.05, 0) is 66.6 Å². The molecule has 0 saturated heterocycles. The summed E-state index contributed by atoms with van der Waals surface area (Å²) in [5.74, 6) is -0.392. The Morgan fingerprint density at radius 3 is 2.58 bits per heavy atom.